The van der Waals surface area contributed by atoms with Crippen molar-refractivity contribution in [3.05, 3.63) is 59.1 Å². The molecule has 0 fully saturated rings. The molecule has 1 aromatic heterocycles. The number of hydrogen-bond acceptors (Lipinski definition) is 4. The fourth-order valence-corrected chi connectivity index (χ4v) is 3.49. The molecule has 0 atom stereocenters. The van der Waals surface area contributed by atoms with Crippen molar-refractivity contribution in [1.29, 1.82) is 0 Å². The van der Waals surface area contributed by atoms with Gasteiger partial charge in [0.15, 0.2) is 0 Å². The van der Waals surface area contributed by atoms with Crippen molar-refractivity contribution in [2.75, 3.05) is 25.5 Å². The van der Waals surface area contributed by atoms with Crippen molar-refractivity contribution in [2.45, 2.75) is 12.8 Å². The molecule has 0 spiro atoms. The molecule has 0 saturated heterocycles. The van der Waals surface area contributed by atoms with Crippen LogP contribution in [0, 0.1) is 0 Å². The summed E-state index contributed by atoms with van der Waals surface area (Å²) in [6.07, 6.45) is 1.78. The van der Waals surface area contributed by atoms with Crippen molar-refractivity contribution in [2.24, 2.45) is 0 Å². The maximum Gasteiger partial charge on any atom is 0.251 e. The van der Waals surface area contributed by atoms with Crippen LogP contribution in [-0.2, 0) is 6.42 Å². The van der Waals surface area contributed by atoms with Crippen LogP contribution in [0.2, 0.25) is 0 Å². The van der Waals surface area contributed by atoms with E-state index < -0.39 is 0 Å². The Morgan fingerprint density at radius 1 is 1.12 bits per heavy atom. The number of aromatic nitrogens is 1. The lowest BCUT2D eigenvalue weighted by Crippen LogP contribution is -2.24. The van der Waals surface area contributed by atoms with Gasteiger partial charge in [0.25, 0.3) is 5.91 Å². The molecule has 0 unspecified atom stereocenters. The van der Waals surface area contributed by atoms with E-state index in [-0.39, 0.29) is 5.91 Å². The van der Waals surface area contributed by atoms with Crippen molar-refractivity contribution >= 4 is 33.1 Å². The fraction of sp³-hybridized carbons (Fsp3) is 0.263. The molecular weight excluding hydrogens is 318 g/mol. The number of benzene rings is 2. The van der Waals surface area contributed by atoms with Crippen LogP contribution in [0.5, 0.6) is 0 Å². The first-order valence-corrected chi connectivity index (χ1v) is 8.85. The number of carbonyl (C=O) groups excluding carboxylic acids is 1. The average molecular weight is 339 g/mol. The van der Waals surface area contributed by atoms with Gasteiger partial charge >= 0.3 is 0 Å². The summed E-state index contributed by atoms with van der Waals surface area (Å²) < 4.78 is 1.22. The van der Waals surface area contributed by atoms with Gasteiger partial charge in [-0.2, -0.15) is 0 Å². The third kappa shape index (κ3) is 3.92. The summed E-state index contributed by atoms with van der Waals surface area (Å²) in [5, 5.41) is 4.10. The predicted octanol–water partition coefficient (Wildman–Crippen LogP) is 3.72. The number of amides is 1. The van der Waals surface area contributed by atoms with Crippen molar-refractivity contribution in [1.82, 2.24) is 10.3 Å². The number of thiazole rings is 1. The number of rotatable bonds is 6. The highest BCUT2D eigenvalue weighted by atomic mass is 32.1. The average Bonchev–Trinajstić information content (AvgIpc) is 3.01. The first-order chi connectivity index (χ1) is 11.6. The molecule has 1 heterocycles. The van der Waals surface area contributed by atoms with E-state index >= 15 is 0 Å². The Hall–Kier alpha value is -2.40. The molecule has 0 aliphatic carbocycles. The Labute approximate surface area is 146 Å². The van der Waals surface area contributed by atoms with Gasteiger partial charge in [0, 0.05) is 38.3 Å². The van der Waals surface area contributed by atoms with E-state index in [1.165, 1.54) is 4.70 Å². The number of nitrogens with zero attached hydrogens (tertiary/aromatic N) is 2. The van der Waals surface area contributed by atoms with Gasteiger partial charge in [0.1, 0.15) is 0 Å². The van der Waals surface area contributed by atoms with Gasteiger partial charge in [-0.05, 0) is 42.8 Å². The van der Waals surface area contributed by atoms with Gasteiger partial charge in [0.05, 0.1) is 15.2 Å². The highest BCUT2D eigenvalue weighted by Crippen LogP contribution is 2.22. The number of nitrogens with one attached hydrogen (secondary N) is 1. The molecule has 0 aliphatic heterocycles. The molecule has 2 aromatic carbocycles. The molecular formula is C19H21N3OS. The van der Waals surface area contributed by atoms with Crippen LogP contribution in [-0.4, -0.2) is 31.5 Å². The van der Waals surface area contributed by atoms with E-state index in [9.17, 15) is 4.79 Å². The van der Waals surface area contributed by atoms with Crippen molar-refractivity contribution in [3.63, 3.8) is 0 Å². The molecule has 0 saturated carbocycles. The Morgan fingerprint density at radius 2 is 1.88 bits per heavy atom. The minimum atomic E-state index is -0.0235. The van der Waals surface area contributed by atoms with Gasteiger partial charge in [-0.3, -0.25) is 4.79 Å². The monoisotopic (exact) mass is 339 g/mol. The molecule has 1 amide bonds. The van der Waals surface area contributed by atoms with E-state index in [0.717, 1.165) is 29.1 Å². The smallest absolute Gasteiger partial charge is 0.251 e. The van der Waals surface area contributed by atoms with E-state index in [0.29, 0.717) is 12.1 Å². The van der Waals surface area contributed by atoms with Gasteiger partial charge < -0.3 is 10.2 Å². The third-order valence-corrected chi connectivity index (χ3v) is 4.93. The van der Waals surface area contributed by atoms with Crippen LogP contribution in [0.15, 0.2) is 48.5 Å². The molecule has 4 nitrogen and oxygen atoms in total. The molecule has 0 aliphatic rings. The normalized spacial score (nSPS) is 10.8. The third-order valence-electron chi connectivity index (χ3n) is 3.84. The number of hydrogen-bond donors (Lipinski definition) is 1. The Bertz CT molecular complexity index is 791. The lowest BCUT2D eigenvalue weighted by molar-refractivity contribution is 0.0953. The van der Waals surface area contributed by atoms with Crippen LogP contribution in [0.4, 0.5) is 5.69 Å². The van der Waals surface area contributed by atoms with Gasteiger partial charge in [-0.1, -0.05) is 12.1 Å². The van der Waals surface area contributed by atoms with Crippen molar-refractivity contribution < 1.29 is 4.79 Å². The lowest BCUT2D eigenvalue weighted by Gasteiger charge is -2.12. The van der Waals surface area contributed by atoms with Crippen LogP contribution in [0.3, 0.4) is 0 Å². The van der Waals surface area contributed by atoms with Crippen LogP contribution in [0.25, 0.3) is 10.2 Å². The summed E-state index contributed by atoms with van der Waals surface area (Å²) in [4.78, 5) is 18.8. The zero-order valence-electron chi connectivity index (χ0n) is 14.0. The minimum absolute atomic E-state index is 0.0235. The van der Waals surface area contributed by atoms with Crippen molar-refractivity contribution in [3.8, 4) is 0 Å². The van der Waals surface area contributed by atoms with Crippen LogP contribution >= 0.6 is 11.3 Å². The summed E-state index contributed by atoms with van der Waals surface area (Å²) in [6.45, 7) is 0.657. The van der Waals surface area contributed by atoms with Gasteiger partial charge in [-0.15, -0.1) is 11.3 Å². The second-order valence-electron chi connectivity index (χ2n) is 5.88. The molecule has 0 radical (unpaired) electrons. The molecule has 124 valence electrons. The molecule has 1 N–H and O–H groups in total. The predicted molar refractivity (Wildman–Crippen MR) is 101 cm³/mol. The quantitative estimate of drug-likeness (QED) is 0.696. The first kappa shape index (κ1) is 16.5. The number of aryl methyl sites for hydroxylation is 1. The van der Waals surface area contributed by atoms with Crippen LogP contribution in [0.1, 0.15) is 21.8 Å². The topological polar surface area (TPSA) is 45.2 Å². The highest BCUT2D eigenvalue weighted by molar-refractivity contribution is 7.18. The summed E-state index contributed by atoms with van der Waals surface area (Å²) in [5.74, 6) is -0.0235. The zero-order chi connectivity index (χ0) is 16.9. The van der Waals surface area contributed by atoms with Gasteiger partial charge in [0.2, 0.25) is 0 Å². The molecule has 3 aromatic rings. The zero-order valence-corrected chi connectivity index (χ0v) is 14.8. The Morgan fingerprint density at radius 3 is 2.58 bits per heavy atom. The Balaban J connectivity index is 1.48. The number of para-hydroxylation sites is 1. The SMILES string of the molecule is CN(C)c1ccc(C(=O)NCCCc2nc3ccccc3s2)cc1. The summed E-state index contributed by atoms with van der Waals surface area (Å²) in [7, 11) is 3.97. The molecule has 5 heteroatoms. The number of carbonyl (C=O) groups is 1. The maximum atomic E-state index is 12.1. The lowest BCUT2D eigenvalue weighted by atomic mass is 10.2. The number of fused-ring (bicyclic) bond motifs is 1. The Kier molecular flexibility index (Phi) is 5.11. The number of anilines is 1. The molecule has 0 bridgehead atoms. The minimum Gasteiger partial charge on any atom is -0.378 e. The van der Waals surface area contributed by atoms with Gasteiger partial charge in [-0.25, -0.2) is 4.98 Å². The maximum absolute atomic E-state index is 12.1. The fourth-order valence-electron chi connectivity index (χ4n) is 2.48. The summed E-state index contributed by atoms with van der Waals surface area (Å²) in [6, 6.07) is 15.8. The standard InChI is InChI=1S/C19H21N3OS/c1-22(2)15-11-9-14(10-12-15)19(23)20-13-5-8-18-21-16-6-3-4-7-17(16)24-18/h3-4,6-7,9-12H,5,8,13H2,1-2H3,(H,20,23). The van der Waals surface area contributed by atoms with E-state index in [1.54, 1.807) is 11.3 Å². The van der Waals surface area contributed by atoms with E-state index in [4.69, 9.17) is 0 Å². The summed E-state index contributed by atoms with van der Waals surface area (Å²) >= 11 is 1.73. The van der Waals surface area contributed by atoms with E-state index in [2.05, 4.69) is 16.4 Å². The second kappa shape index (κ2) is 7.45. The molecule has 3 rings (SSSR count). The highest BCUT2D eigenvalue weighted by Gasteiger charge is 2.06. The largest absolute Gasteiger partial charge is 0.378 e. The van der Waals surface area contributed by atoms with Crippen LogP contribution < -0.4 is 10.2 Å². The first-order valence-electron chi connectivity index (χ1n) is 8.03. The summed E-state index contributed by atoms with van der Waals surface area (Å²) in [5.41, 5.74) is 2.84. The molecule has 24 heavy (non-hydrogen) atoms. The van der Waals surface area contributed by atoms with E-state index in [1.807, 2.05) is 61.5 Å². The second-order valence-corrected chi connectivity index (χ2v) is 6.99.